The third-order valence-corrected chi connectivity index (χ3v) is 5.43. The number of phenols is 1. The molecule has 2 N–H and O–H groups in total. The van der Waals surface area contributed by atoms with Gasteiger partial charge in [-0.2, -0.15) is 0 Å². The maximum Gasteiger partial charge on any atom is 0.266 e. The number of hydrogen-bond acceptors (Lipinski definition) is 7. The number of aromatic hydroxyl groups is 1. The molecule has 1 aliphatic heterocycles. The highest BCUT2D eigenvalue weighted by atomic mass is 32.2. The highest BCUT2D eigenvalue weighted by Crippen LogP contribution is 2.34. The quantitative estimate of drug-likeness (QED) is 0.537. The molecule has 0 aromatic heterocycles. The Hall–Kier alpha value is -3.04. The molecular weight excluding hydrogens is 412 g/mol. The maximum absolute atomic E-state index is 12.7. The fraction of sp³-hybridized carbons (Fsp3) is 0.150. The Labute approximate surface area is 177 Å². The van der Waals surface area contributed by atoms with Crippen LogP contribution in [-0.2, 0) is 9.59 Å². The number of thiocarbonyl (C=S) groups is 1. The van der Waals surface area contributed by atoms with Gasteiger partial charge in [-0.25, -0.2) is 0 Å². The highest BCUT2D eigenvalue weighted by molar-refractivity contribution is 8.26. The number of carbonyl (C=O) groups is 2. The molecule has 1 aliphatic rings. The first-order valence-corrected chi connectivity index (χ1v) is 9.70. The second-order valence-corrected chi connectivity index (χ2v) is 7.65. The molecule has 7 nitrogen and oxygen atoms in total. The predicted molar refractivity (Wildman–Crippen MR) is 116 cm³/mol. The molecule has 0 aliphatic carbocycles. The molecule has 0 spiro atoms. The Morgan fingerprint density at radius 2 is 1.93 bits per heavy atom. The number of benzene rings is 2. The van der Waals surface area contributed by atoms with E-state index in [4.69, 9.17) is 21.7 Å². The van der Waals surface area contributed by atoms with Crippen LogP contribution in [0.1, 0.15) is 5.56 Å². The minimum absolute atomic E-state index is 0.00685. The number of nitrogens with one attached hydrogen (secondary N) is 1. The van der Waals surface area contributed by atoms with Gasteiger partial charge in [0.05, 0.1) is 19.1 Å². The number of anilines is 1. The molecule has 1 fully saturated rings. The summed E-state index contributed by atoms with van der Waals surface area (Å²) in [6.45, 7) is -0.188. The predicted octanol–water partition coefficient (Wildman–Crippen LogP) is 3.25. The zero-order valence-electron chi connectivity index (χ0n) is 15.7. The van der Waals surface area contributed by atoms with Gasteiger partial charge in [-0.1, -0.05) is 30.0 Å². The van der Waals surface area contributed by atoms with Crippen LogP contribution in [0.4, 0.5) is 5.69 Å². The number of amides is 2. The summed E-state index contributed by atoms with van der Waals surface area (Å²) < 4.78 is 10.5. The van der Waals surface area contributed by atoms with Crippen LogP contribution < -0.4 is 14.8 Å². The van der Waals surface area contributed by atoms with Crippen LogP contribution in [0.2, 0.25) is 0 Å². The van der Waals surface area contributed by atoms with Crippen molar-refractivity contribution in [3.05, 3.63) is 52.9 Å². The summed E-state index contributed by atoms with van der Waals surface area (Å²) in [7, 11) is 3.00. The molecule has 9 heteroatoms. The van der Waals surface area contributed by atoms with Gasteiger partial charge in [-0.3, -0.25) is 14.5 Å². The highest BCUT2D eigenvalue weighted by Gasteiger charge is 2.33. The van der Waals surface area contributed by atoms with Crippen molar-refractivity contribution in [3.8, 4) is 17.2 Å². The summed E-state index contributed by atoms with van der Waals surface area (Å²) >= 11 is 6.38. The van der Waals surface area contributed by atoms with Crippen molar-refractivity contribution in [1.82, 2.24) is 4.90 Å². The van der Waals surface area contributed by atoms with Gasteiger partial charge in [-0.15, -0.1) is 0 Å². The number of ether oxygens (including phenoxy) is 2. The van der Waals surface area contributed by atoms with Crippen molar-refractivity contribution in [2.75, 3.05) is 26.1 Å². The van der Waals surface area contributed by atoms with Gasteiger partial charge in [-0.05, 0) is 48.0 Å². The molecule has 0 radical (unpaired) electrons. The van der Waals surface area contributed by atoms with Gasteiger partial charge >= 0.3 is 0 Å². The van der Waals surface area contributed by atoms with Gasteiger partial charge in [0.2, 0.25) is 5.91 Å². The van der Waals surface area contributed by atoms with E-state index in [1.165, 1.54) is 18.1 Å². The third-order valence-electron chi connectivity index (χ3n) is 4.05. The number of nitrogens with zero attached hydrogens (tertiary/aromatic N) is 1. The first kappa shape index (κ1) is 20.7. The molecule has 0 bridgehead atoms. The molecular formula is C20H18N2O5S2. The first-order chi connectivity index (χ1) is 13.9. The molecule has 2 amide bonds. The molecule has 150 valence electrons. The largest absolute Gasteiger partial charge is 0.504 e. The average Bonchev–Trinajstić information content (AvgIpc) is 2.97. The molecule has 1 heterocycles. The molecule has 2 aromatic carbocycles. The lowest BCUT2D eigenvalue weighted by Crippen LogP contribution is -2.36. The van der Waals surface area contributed by atoms with Crippen LogP contribution in [0.15, 0.2) is 47.4 Å². The van der Waals surface area contributed by atoms with Crippen molar-refractivity contribution >= 4 is 51.9 Å². The number of phenolic OH excluding ortho intramolecular Hbond substituents is 1. The number of methoxy groups -OCH3 is 2. The van der Waals surface area contributed by atoms with Gasteiger partial charge in [0.25, 0.3) is 5.91 Å². The molecule has 0 atom stereocenters. The summed E-state index contributed by atoms with van der Waals surface area (Å²) in [6, 6.07) is 11.6. The summed E-state index contributed by atoms with van der Waals surface area (Å²) in [5.74, 6) is 0.271. The molecule has 2 aromatic rings. The number of thioether (sulfide) groups is 1. The number of rotatable bonds is 6. The van der Waals surface area contributed by atoms with E-state index in [0.717, 1.165) is 11.8 Å². The topological polar surface area (TPSA) is 88.1 Å². The van der Waals surface area contributed by atoms with E-state index in [9.17, 15) is 14.7 Å². The average molecular weight is 431 g/mol. The Kier molecular flexibility index (Phi) is 6.40. The maximum atomic E-state index is 12.7. The Morgan fingerprint density at radius 3 is 2.59 bits per heavy atom. The van der Waals surface area contributed by atoms with Crippen molar-refractivity contribution in [2.45, 2.75) is 0 Å². The lowest BCUT2D eigenvalue weighted by Gasteiger charge is -2.14. The minimum Gasteiger partial charge on any atom is -0.504 e. The fourth-order valence-electron chi connectivity index (χ4n) is 2.59. The number of carbonyl (C=O) groups excluding carboxylic acids is 2. The van der Waals surface area contributed by atoms with Crippen LogP contribution in [0.5, 0.6) is 17.2 Å². The second-order valence-electron chi connectivity index (χ2n) is 5.98. The summed E-state index contributed by atoms with van der Waals surface area (Å²) in [5, 5.41) is 12.4. The Bertz CT molecular complexity index is 989. The molecule has 3 rings (SSSR count). The van der Waals surface area contributed by atoms with Crippen LogP contribution >= 0.6 is 24.0 Å². The molecule has 0 saturated carbocycles. The van der Waals surface area contributed by atoms with Gasteiger partial charge in [0.15, 0.2) is 11.5 Å². The van der Waals surface area contributed by atoms with Crippen molar-refractivity contribution in [1.29, 1.82) is 0 Å². The van der Waals surface area contributed by atoms with Crippen molar-refractivity contribution in [3.63, 3.8) is 0 Å². The van der Waals surface area contributed by atoms with Crippen LogP contribution in [0.3, 0.4) is 0 Å². The standard InChI is InChI=1S/C20H18N2O5S2/c1-26-14-6-4-13(5-7-14)21-18(24)11-22-19(25)17(29-20(22)28)10-12-3-8-15(23)16(9-12)27-2/h3-10,23H,11H2,1-2H3,(H,21,24)/b17-10-. The minimum atomic E-state index is -0.362. The summed E-state index contributed by atoms with van der Waals surface area (Å²) in [6.07, 6.45) is 1.64. The van der Waals surface area contributed by atoms with Gasteiger partial charge < -0.3 is 19.9 Å². The van der Waals surface area contributed by atoms with E-state index in [2.05, 4.69) is 5.32 Å². The van der Waals surface area contributed by atoms with Gasteiger partial charge in [0, 0.05) is 5.69 Å². The lowest BCUT2D eigenvalue weighted by molar-refractivity contribution is -0.126. The van der Waals surface area contributed by atoms with Crippen LogP contribution in [-0.4, -0.2) is 46.9 Å². The van der Waals surface area contributed by atoms with E-state index >= 15 is 0 Å². The zero-order chi connectivity index (χ0) is 21.0. The SMILES string of the molecule is COc1ccc(NC(=O)CN2C(=O)/C(=C/c3ccc(O)c(OC)c3)SC2=S)cc1. The second kappa shape index (κ2) is 8.97. The summed E-state index contributed by atoms with van der Waals surface area (Å²) in [4.78, 5) is 26.7. The van der Waals surface area contributed by atoms with E-state index in [1.54, 1.807) is 49.6 Å². The van der Waals surface area contributed by atoms with E-state index < -0.39 is 0 Å². The lowest BCUT2D eigenvalue weighted by atomic mass is 10.2. The Balaban J connectivity index is 1.69. The van der Waals surface area contributed by atoms with Crippen molar-refractivity contribution in [2.24, 2.45) is 0 Å². The zero-order valence-corrected chi connectivity index (χ0v) is 17.3. The monoisotopic (exact) mass is 430 g/mol. The molecule has 29 heavy (non-hydrogen) atoms. The normalized spacial score (nSPS) is 15.0. The van der Waals surface area contributed by atoms with Crippen LogP contribution in [0, 0.1) is 0 Å². The first-order valence-electron chi connectivity index (χ1n) is 8.47. The summed E-state index contributed by atoms with van der Waals surface area (Å²) in [5.41, 5.74) is 1.26. The molecule has 0 unspecified atom stereocenters. The van der Waals surface area contributed by atoms with E-state index in [0.29, 0.717) is 32.0 Å². The fourth-order valence-corrected chi connectivity index (χ4v) is 3.85. The van der Waals surface area contributed by atoms with Crippen molar-refractivity contribution < 1.29 is 24.2 Å². The smallest absolute Gasteiger partial charge is 0.266 e. The van der Waals surface area contributed by atoms with E-state index in [1.807, 2.05) is 0 Å². The number of hydrogen-bond donors (Lipinski definition) is 2. The van der Waals surface area contributed by atoms with E-state index in [-0.39, 0.29) is 24.1 Å². The molecule has 1 saturated heterocycles. The van der Waals surface area contributed by atoms with Crippen LogP contribution in [0.25, 0.3) is 6.08 Å². The van der Waals surface area contributed by atoms with Gasteiger partial charge in [0.1, 0.15) is 16.6 Å². The Morgan fingerprint density at radius 1 is 1.21 bits per heavy atom. The third kappa shape index (κ3) is 4.87.